The second-order valence-electron chi connectivity index (χ2n) is 5.79. The predicted octanol–water partition coefficient (Wildman–Crippen LogP) is 2.09. The van der Waals surface area contributed by atoms with E-state index in [-0.39, 0.29) is 17.2 Å². The first-order valence-electron chi connectivity index (χ1n) is 8.64. The van der Waals surface area contributed by atoms with E-state index in [9.17, 15) is 14.4 Å². The summed E-state index contributed by atoms with van der Waals surface area (Å²) in [5.41, 5.74) is 1.47. The van der Waals surface area contributed by atoms with E-state index in [4.69, 9.17) is 4.74 Å². The van der Waals surface area contributed by atoms with Crippen molar-refractivity contribution in [3.05, 3.63) is 59.7 Å². The molecule has 7 heteroatoms. The van der Waals surface area contributed by atoms with Crippen LogP contribution in [-0.4, -0.2) is 31.4 Å². The minimum absolute atomic E-state index is 0.279. The summed E-state index contributed by atoms with van der Waals surface area (Å²) >= 11 is 0. The monoisotopic (exact) mass is 369 g/mol. The van der Waals surface area contributed by atoms with Crippen molar-refractivity contribution in [1.29, 1.82) is 0 Å². The van der Waals surface area contributed by atoms with Crippen molar-refractivity contribution < 1.29 is 19.1 Å². The zero-order valence-electron chi connectivity index (χ0n) is 15.4. The van der Waals surface area contributed by atoms with Gasteiger partial charge in [0.25, 0.3) is 5.91 Å². The number of carbonyl (C=O) groups excluding carboxylic acids is 3. The molecule has 0 bridgehead atoms. The van der Waals surface area contributed by atoms with Crippen LogP contribution in [0.25, 0.3) is 0 Å². The Labute approximate surface area is 158 Å². The number of para-hydroxylation sites is 1. The van der Waals surface area contributed by atoms with E-state index in [2.05, 4.69) is 16.0 Å². The van der Waals surface area contributed by atoms with Gasteiger partial charge in [-0.3, -0.25) is 14.4 Å². The molecule has 27 heavy (non-hydrogen) atoms. The highest BCUT2D eigenvalue weighted by molar-refractivity contribution is 6.40. The van der Waals surface area contributed by atoms with Crippen LogP contribution in [0.2, 0.25) is 0 Å². The Bertz CT molecular complexity index is 803. The molecule has 0 aromatic heterocycles. The molecule has 2 aromatic rings. The highest BCUT2D eigenvalue weighted by Crippen LogP contribution is 2.16. The maximum Gasteiger partial charge on any atom is 0.313 e. The van der Waals surface area contributed by atoms with Crippen molar-refractivity contribution in [2.45, 2.75) is 19.9 Å². The van der Waals surface area contributed by atoms with Gasteiger partial charge in [0, 0.05) is 13.1 Å². The topological polar surface area (TPSA) is 96.5 Å². The van der Waals surface area contributed by atoms with Crippen LogP contribution in [0.4, 0.5) is 5.69 Å². The zero-order valence-corrected chi connectivity index (χ0v) is 15.4. The third-order valence-electron chi connectivity index (χ3n) is 3.77. The smallest absolute Gasteiger partial charge is 0.313 e. The fraction of sp³-hybridized carbons (Fsp3) is 0.250. The van der Waals surface area contributed by atoms with Crippen molar-refractivity contribution in [2.24, 2.45) is 0 Å². The number of anilines is 1. The van der Waals surface area contributed by atoms with Crippen LogP contribution in [0.3, 0.4) is 0 Å². The normalized spacial score (nSPS) is 10.0. The predicted molar refractivity (Wildman–Crippen MR) is 103 cm³/mol. The number of amides is 3. The fourth-order valence-corrected chi connectivity index (χ4v) is 2.31. The Morgan fingerprint density at radius 2 is 1.63 bits per heavy atom. The maximum absolute atomic E-state index is 12.5. The zero-order chi connectivity index (χ0) is 19.6. The molecule has 0 aliphatic carbocycles. The van der Waals surface area contributed by atoms with Gasteiger partial charge >= 0.3 is 11.8 Å². The minimum Gasteiger partial charge on any atom is -0.497 e. The first-order valence-corrected chi connectivity index (χ1v) is 8.64. The van der Waals surface area contributed by atoms with E-state index in [1.165, 1.54) is 0 Å². The molecular formula is C20H23N3O4. The van der Waals surface area contributed by atoms with Crippen molar-refractivity contribution in [2.75, 3.05) is 19.0 Å². The van der Waals surface area contributed by atoms with Crippen LogP contribution in [-0.2, 0) is 16.1 Å². The van der Waals surface area contributed by atoms with E-state index < -0.39 is 11.8 Å². The molecule has 0 saturated heterocycles. The van der Waals surface area contributed by atoms with Crippen molar-refractivity contribution in [3.8, 4) is 5.75 Å². The Hall–Kier alpha value is -3.35. The molecule has 0 atom stereocenters. The first-order chi connectivity index (χ1) is 13.0. The average molecular weight is 369 g/mol. The molecule has 142 valence electrons. The van der Waals surface area contributed by atoms with Crippen LogP contribution in [0.5, 0.6) is 5.75 Å². The molecule has 0 heterocycles. The number of rotatable bonds is 7. The van der Waals surface area contributed by atoms with Crippen LogP contribution < -0.4 is 20.7 Å². The van der Waals surface area contributed by atoms with E-state index in [0.29, 0.717) is 13.1 Å². The summed E-state index contributed by atoms with van der Waals surface area (Å²) in [5.74, 6) is -1.15. The maximum atomic E-state index is 12.5. The molecular weight excluding hydrogens is 346 g/mol. The van der Waals surface area contributed by atoms with Crippen molar-refractivity contribution >= 4 is 23.4 Å². The largest absolute Gasteiger partial charge is 0.497 e. The Morgan fingerprint density at radius 3 is 2.30 bits per heavy atom. The van der Waals surface area contributed by atoms with Gasteiger partial charge in [-0.15, -0.1) is 0 Å². The summed E-state index contributed by atoms with van der Waals surface area (Å²) in [4.78, 5) is 36.2. The molecule has 0 radical (unpaired) electrons. The summed E-state index contributed by atoms with van der Waals surface area (Å²) in [6, 6.07) is 13.9. The fourth-order valence-electron chi connectivity index (χ4n) is 2.31. The molecule has 2 rings (SSSR count). The number of benzene rings is 2. The summed E-state index contributed by atoms with van der Waals surface area (Å²) < 4.78 is 5.10. The van der Waals surface area contributed by atoms with Crippen LogP contribution >= 0.6 is 0 Å². The lowest BCUT2D eigenvalue weighted by molar-refractivity contribution is -0.136. The highest BCUT2D eigenvalue weighted by Gasteiger charge is 2.17. The number of carbonyl (C=O) groups is 3. The van der Waals surface area contributed by atoms with E-state index in [1.54, 1.807) is 31.4 Å². The van der Waals surface area contributed by atoms with Gasteiger partial charge in [-0.1, -0.05) is 31.2 Å². The van der Waals surface area contributed by atoms with E-state index in [0.717, 1.165) is 17.7 Å². The second kappa shape index (κ2) is 9.96. The van der Waals surface area contributed by atoms with E-state index >= 15 is 0 Å². The Kier molecular flexibility index (Phi) is 7.37. The van der Waals surface area contributed by atoms with Crippen LogP contribution in [0.1, 0.15) is 29.3 Å². The summed E-state index contributed by atoms with van der Waals surface area (Å²) in [7, 11) is 1.59. The lowest BCUT2D eigenvalue weighted by Crippen LogP contribution is -2.36. The molecule has 0 spiro atoms. The van der Waals surface area contributed by atoms with Crippen molar-refractivity contribution in [3.63, 3.8) is 0 Å². The average Bonchev–Trinajstić information content (AvgIpc) is 2.70. The number of methoxy groups -OCH3 is 1. The summed E-state index contributed by atoms with van der Waals surface area (Å²) in [6.07, 6.45) is 0.726. The van der Waals surface area contributed by atoms with Gasteiger partial charge in [-0.25, -0.2) is 0 Å². The van der Waals surface area contributed by atoms with Crippen LogP contribution in [0, 0.1) is 0 Å². The van der Waals surface area contributed by atoms with Gasteiger partial charge in [0.2, 0.25) is 0 Å². The van der Waals surface area contributed by atoms with Gasteiger partial charge in [-0.05, 0) is 36.2 Å². The molecule has 0 unspecified atom stereocenters. The number of ether oxygens (including phenoxy) is 1. The van der Waals surface area contributed by atoms with Gasteiger partial charge in [-0.2, -0.15) is 0 Å². The number of hydrogen-bond acceptors (Lipinski definition) is 4. The molecule has 0 fully saturated rings. The van der Waals surface area contributed by atoms with Crippen molar-refractivity contribution in [1.82, 2.24) is 10.6 Å². The lowest BCUT2D eigenvalue weighted by atomic mass is 10.1. The third kappa shape index (κ3) is 5.85. The Balaban J connectivity index is 2.01. The Morgan fingerprint density at radius 1 is 0.926 bits per heavy atom. The minimum atomic E-state index is -0.807. The molecule has 2 aromatic carbocycles. The highest BCUT2D eigenvalue weighted by atomic mass is 16.5. The third-order valence-corrected chi connectivity index (χ3v) is 3.77. The number of hydrogen-bond donors (Lipinski definition) is 3. The van der Waals surface area contributed by atoms with E-state index in [1.807, 2.05) is 31.2 Å². The second-order valence-corrected chi connectivity index (χ2v) is 5.79. The first kappa shape index (κ1) is 20.0. The van der Waals surface area contributed by atoms with Gasteiger partial charge in [0.1, 0.15) is 5.75 Å². The SMILES string of the molecule is CCCNC(=O)C(=O)Nc1ccccc1C(=O)NCc1ccc(OC)cc1. The van der Waals surface area contributed by atoms with Crippen LogP contribution in [0.15, 0.2) is 48.5 Å². The van der Waals surface area contributed by atoms with Gasteiger partial charge < -0.3 is 20.7 Å². The lowest BCUT2D eigenvalue weighted by Gasteiger charge is -2.11. The molecule has 3 amide bonds. The number of nitrogens with one attached hydrogen (secondary N) is 3. The van der Waals surface area contributed by atoms with Gasteiger partial charge in [0.15, 0.2) is 0 Å². The summed E-state index contributed by atoms with van der Waals surface area (Å²) in [5, 5.41) is 7.78. The standard InChI is InChI=1S/C20H23N3O4/c1-3-12-21-19(25)20(26)23-17-7-5-4-6-16(17)18(24)22-13-14-8-10-15(27-2)11-9-14/h4-11H,3,12-13H2,1-2H3,(H,21,25)(H,22,24)(H,23,26). The quantitative estimate of drug-likeness (QED) is 0.651. The van der Waals surface area contributed by atoms with Gasteiger partial charge in [0.05, 0.1) is 18.4 Å². The summed E-state index contributed by atoms with van der Waals surface area (Å²) in [6.45, 7) is 2.62. The molecule has 7 nitrogen and oxygen atoms in total. The molecule has 0 saturated carbocycles. The molecule has 3 N–H and O–H groups in total. The molecule has 0 aliphatic rings. The molecule has 0 aliphatic heterocycles.